The van der Waals surface area contributed by atoms with Crippen molar-refractivity contribution < 1.29 is 22.3 Å². The summed E-state index contributed by atoms with van der Waals surface area (Å²) in [5.74, 6) is 0.782. The second-order valence-corrected chi connectivity index (χ2v) is 9.16. The molecule has 0 saturated heterocycles. The molecule has 0 aromatic heterocycles. The minimum atomic E-state index is -3.40. The van der Waals surface area contributed by atoms with E-state index < -0.39 is 10.0 Å². The molecule has 0 unspecified atom stereocenters. The summed E-state index contributed by atoms with van der Waals surface area (Å²) in [5, 5.41) is 0. The van der Waals surface area contributed by atoms with Crippen molar-refractivity contribution in [3.63, 3.8) is 0 Å². The van der Waals surface area contributed by atoms with Crippen molar-refractivity contribution >= 4 is 26.9 Å². The number of rotatable bonds is 4. The molecule has 1 heterocycles. The summed E-state index contributed by atoms with van der Waals surface area (Å²) in [6.07, 6.45) is 1.11. The van der Waals surface area contributed by atoms with Gasteiger partial charge in [0.05, 0.1) is 13.4 Å². The van der Waals surface area contributed by atoms with E-state index in [0.717, 1.165) is 39.7 Å². The minimum Gasteiger partial charge on any atom is -0.497 e. The predicted molar refractivity (Wildman–Crippen MR) is 120 cm³/mol. The number of halogens is 1. The maximum atomic E-state index is 14.0. The molecule has 7 heteroatoms. The van der Waals surface area contributed by atoms with Crippen LogP contribution in [0.25, 0.3) is 11.1 Å². The van der Waals surface area contributed by atoms with Crippen molar-refractivity contribution in [2.45, 2.75) is 13.5 Å². The number of benzene rings is 3. The highest BCUT2D eigenvalue weighted by atomic mass is 32.2. The van der Waals surface area contributed by atoms with Gasteiger partial charge in [0.15, 0.2) is 0 Å². The molecule has 0 radical (unpaired) electrons. The van der Waals surface area contributed by atoms with Gasteiger partial charge < -0.3 is 9.47 Å². The molecule has 4 rings (SSSR count). The monoisotopic (exact) mass is 439 g/mol. The SMILES string of the molecule is COc1ccc2c(c1)COc1cc(F)ccc1/C2=C(\C)c1cccc(NS(C)(=O)=O)c1. The highest BCUT2D eigenvalue weighted by molar-refractivity contribution is 7.92. The van der Waals surface area contributed by atoms with Crippen molar-refractivity contribution in [2.75, 3.05) is 18.1 Å². The Labute approximate surface area is 181 Å². The Bertz CT molecular complexity index is 1300. The molecule has 0 amide bonds. The van der Waals surface area contributed by atoms with Crippen LogP contribution < -0.4 is 14.2 Å². The van der Waals surface area contributed by atoms with Gasteiger partial charge in [0, 0.05) is 22.9 Å². The highest BCUT2D eigenvalue weighted by Gasteiger charge is 2.23. The van der Waals surface area contributed by atoms with E-state index in [4.69, 9.17) is 9.47 Å². The van der Waals surface area contributed by atoms with Crippen LogP contribution in [0.2, 0.25) is 0 Å². The van der Waals surface area contributed by atoms with Crippen LogP contribution in [0, 0.1) is 5.82 Å². The zero-order valence-corrected chi connectivity index (χ0v) is 18.2. The number of sulfonamides is 1. The van der Waals surface area contributed by atoms with Crippen LogP contribution in [0.4, 0.5) is 10.1 Å². The number of ether oxygens (including phenoxy) is 2. The molecule has 1 aliphatic rings. The summed E-state index contributed by atoms with van der Waals surface area (Å²) in [5.41, 5.74) is 5.73. The van der Waals surface area contributed by atoms with Crippen LogP contribution in [-0.2, 0) is 16.6 Å². The first-order valence-electron chi connectivity index (χ1n) is 9.64. The van der Waals surface area contributed by atoms with E-state index in [1.165, 1.54) is 12.1 Å². The van der Waals surface area contributed by atoms with E-state index >= 15 is 0 Å². The topological polar surface area (TPSA) is 64.6 Å². The first-order valence-corrected chi connectivity index (χ1v) is 11.5. The van der Waals surface area contributed by atoms with Crippen LogP contribution in [0.15, 0.2) is 60.7 Å². The lowest BCUT2D eigenvalue weighted by Crippen LogP contribution is -2.09. The molecule has 3 aromatic rings. The van der Waals surface area contributed by atoms with Gasteiger partial charge >= 0.3 is 0 Å². The summed E-state index contributed by atoms with van der Waals surface area (Å²) in [6.45, 7) is 2.23. The molecule has 1 aliphatic heterocycles. The molecule has 0 spiro atoms. The Morgan fingerprint density at radius 2 is 1.84 bits per heavy atom. The first-order chi connectivity index (χ1) is 14.7. The Morgan fingerprint density at radius 3 is 2.58 bits per heavy atom. The molecular formula is C24H22FNO4S. The lowest BCUT2D eigenvalue weighted by molar-refractivity contribution is 0.304. The fourth-order valence-corrected chi connectivity index (χ4v) is 4.32. The van der Waals surface area contributed by atoms with E-state index in [9.17, 15) is 12.8 Å². The average molecular weight is 440 g/mol. The van der Waals surface area contributed by atoms with Gasteiger partial charge in [-0.25, -0.2) is 12.8 Å². The largest absolute Gasteiger partial charge is 0.497 e. The normalized spacial score (nSPS) is 14.6. The lowest BCUT2D eigenvalue weighted by atomic mass is 9.88. The van der Waals surface area contributed by atoms with E-state index in [1.807, 2.05) is 31.2 Å². The maximum absolute atomic E-state index is 14.0. The number of hydrogen-bond donors (Lipinski definition) is 1. The first kappa shape index (κ1) is 20.9. The Kier molecular flexibility index (Phi) is 5.45. The van der Waals surface area contributed by atoms with Crippen molar-refractivity contribution in [3.8, 4) is 11.5 Å². The van der Waals surface area contributed by atoms with Crippen LogP contribution in [-0.4, -0.2) is 21.8 Å². The number of fused-ring (bicyclic) bond motifs is 2. The van der Waals surface area contributed by atoms with E-state index in [2.05, 4.69) is 4.72 Å². The number of hydrogen-bond acceptors (Lipinski definition) is 4. The smallest absolute Gasteiger partial charge is 0.229 e. The van der Waals surface area contributed by atoms with Crippen molar-refractivity contribution in [2.24, 2.45) is 0 Å². The maximum Gasteiger partial charge on any atom is 0.229 e. The van der Waals surface area contributed by atoms with Crippen LogP contribution in [0.5, 0.6) is 11.5 Å². The number of allylic oxidation sites excluding steroid dienone is 1. The summed E-state index contributed by atoms with van der Waals surface area (Å²) >= 11 is 0. The molecule has 0 fully saturated rings. The summed E-state index contributed by atoms with van der Waals surface area (Å²) in [4.78, 5) is 0. The third kappa shape index (κ3) is 4.41. The molecule has 5 nitrogen and oxygen atoms in total. The Hall–Kier alpha value is -3.32. The van der Waals surface area contributed by atoms with Gasteiger partial charge in [-0.05, 0) is 65.6 Å². The third-order valence-corrected chi connectivity index (χ3v) is 5.76. The van der Waals surface area contributed by atoms with E-state index in [1.54, 1.807) is 31.4 Å². The van der Waals surface area contributed by atoms with Gasteiger partial charge in [0.25, 0.3) is 0 Å². The van der Waals surface area contributed by atoms with E-state index in [0.29, 0.717) is 17.2 Å². The molecule has 1 N–H and O–H groups in total. The van der Waals surface area contributed by atoms with Gasteiger partial charge in [-0.2, -0.15) is 0 Å². The third-order valence-electron chi connectivity index (χ3n) is 5.15. The number of anilines is 1. The molecule has 0 bridgehead atoms. The lowest BCUT2D eigenvalue weighted by Gasteiger charge is -2.16. The van der Waals surface area contributed by atoms with Crippen molar-refractivity contribution in [1.82, 2.24) is 0 Å². The summed E-state index contributed by atoms with van der Waals surface area (Å²) < 4.78 is 51.1. The van der Waals surface area contributed by atoms with Gasteiger partial charge in [-0.3, -0.25) is 4.72 Å². The predicted octanol–water partition coefficient (Wildman–Crippen LogP) is 5.08. The molecule has 0 aliphatic carbocycles. The quantitative estimate of drug-likeness (QED) is 0.616. The number of methoxy groups -OCH3 is 1. The molecule has 0 saturated carbocycles. The fraction of sp³-hybridized carbons (Fsp3) is 0.167. The van der Waals surface area contributed by atoms with Crippen LogP contribution in [0.1, 0.15) is 29.2 Å². The fourth-order valence-electron chi connectivity index (χ4n) is 3.76. The Balaban J connectivity index is 1.96. The van der Waals surface area contributed by atoms with Gasteiger partial charge in [0.1, 0.15) is 23.9 Å². The summed E-state index contributed by atoms with van der Waals surface area (Å²) in [7, 11) is -1.80. The minimum absolute atomic E-state index is 0.273. The summed E-state index contributed by atoms with van der Waals surface area (Å²) in [6, 6.07) is 17.4. The molecule has 0 atom stereocenters. The molecule has 3 aromatic carbocycles. The molecule has 160 valence electrons. The zero-order chi connectivity index (χ0) is 22.2. The average Bonchev–Trinajstić information content (AvgIpc) is 2.88. The zero-order valence-electron chi connectivity index (χ0n) is 17.4. The van der Waals surface area contributed by atoms with Gasteiger partial charge in [-0.15, -0.1) is 0 Å². The second-order valence-electron chi connectivity index (χ2n) is 7.41. The van der Waals surface area contributed by atoms with Gasteiger partial charge in [-0.1, -0.05) is 18.2 Å². The second kappa shape index (κ2) is 8.07. The standard InChI is InChI=1S/C24H22FNO4S/c1-15(16-5-4-6-19(11-16)26-31(3,27)28)24-21-10-8-20(29-2)12-17(21)14-30-23-13-18(25)7-9-22(23)24/h4-13,26H,14H2,1-3H3/b24-15+. The Morgan fingerprint density at radius 1 is 1.06 bits per heavy atom. The van der Waals surface area contributed by atoms with Crippen molar-refractivity contribution in [1.29, 1.82) is 0 Å². The van der Waals surface area contributed by atoms with Crippen LogP contribution >= 0.6 is 0 Å². The van der Waals surface area contributed by atoms with E-state index in [-0.39, 0.29) is 12.4 Å². The number of nitrogens with one attached hydrogen (secondary N) is 1. The molecular weight excluding hydrogens is 417 g/mol. The van der Waals surface area contributed by atoms with Gasteiger partial charge in [0.2, 0.25) is 10.0 Å². The molecule has 31 heavy (non-hydrogen) atoms. The van der Waals surface area contributed by atoms with Crippen molar-refractivity contribution in [3.05, 3.63) is 88.7 Å². The highest BCUT2D eigenvalue weighted by Crippen LogP contribution is 2.42. The van der Waals surface area contributed by atoms with Crippen LogP contribution in [0.3, 0.4) is 0 Å².